The van der Waals surface area contributed by atoms with E-state index < -0.39 is 6.67 Å². The summed E-state index contributed by atoms with van der Waals surface area (Å²) >= 11 is 0. The Hall–Kier alpha value is -1.87. The molecule has 0 aromatic heterocycles. The van der Waals surface area contributed by atoms with Crippen molar-refractivity contribution >= 4 is 0 Å². The fourth-order valence-electron chi connectivity index (χ4n) is 3.79. The van der Waals surface area contributed by atoms with Crippen molar-refractivity contribution in [2.24, 2.45) is 5.92 Å². The molecule has 0 atom stereocenters. The fourth-order valence-corrected chi connectivity index (χ4v) is 3.79. The van der Waals surface area contributed by atoms with Crippen LogP contribution in [0.1, 0.15) is 30.4 Å². The molecular formula is C23H30FNO. The summed E-state index contributed by atoms with van der Waals surface area (Å²) in [6.07, 6.45) is 5.93. The van der Waals surface area contributed by atoms with E-state index in [9.17, 15) is 4.39 Å². The number of hydrogen-bond acceptors (Lipinski definition) is 2. The topological polar surface area (TPSA) is 12.5 Å². The number of piperidine rings is 1. The molecule has 1 saturated heterocycles. The van der Waals surface area contributed by atoms with Crippen LogP contribution in [0.15, 0.2) is 54.6 Å². The minimum atomic E-state index is -0.435. The van der Waals surface area contributed by atoms with Crippen LogP contribution < -0.4 is 4.74 Å². The number of likely N-dealkylation sites (tertiary alicyclic amines) is 1. The number of para-hydroxylation sites is 1. The van der Waals surface area contributed by atoms with Gasteiger partial charge in [0.25, 0.3) is 0 Å². The SMILES string of the molecule is FCCOc1ccccc1CCC1CCN(CCc2ccccc2)CC1. The minimum absolute atomic E-state index is 0.150. The van der Waals surface area contributed by atoms with E-state index in [1.54, 1.807) is 0 Å². The van der Waals surface area contributed by atoms with E-state index in [0.29, 0.717) is 0 Å². The van der Waals surface area contributed by atoms with Gasteiger partial charge in [0.05, 0.1) is 0 Å². The number of benzene rings is 2. The van der Waals surface area contributed by atoms with Crippen LogP contribution in [0.4, 0.5) is 4.39 Å². The highest BCUT2D eigenvalue weighted by Crippen LogP contribution is 2.26. The van der Waals surface area contributed by atoms with Gasteiger partial charge in [0.2, 0.25) is 0 Å². The molecule has 0 spiro atoms. The van der Waals surface area contributed by atoms with E-state index in [2.05, 4.69) is 41.3 Å². The van der Waals surface area contributed by atoms with Crippen molar-refractivity contribution in [2.75, 3.05) is 32.9 Å². The van der Waals surface area contributed by atoms with Crippen molar-refractivity contribution < 1.29 is 9.13 Å². The second-order valence-corrected chi connectivity index (χ2v) is 7.20. The average Bonchev–Trinajstić information content (AvgIpc) is 2.71. The highest BCUT2D eigenvalue weighted by molar-refractivity contribution is 5.33. The number of hydrogen-bond donors (Lipinski definition) is 0. The number of alkyl halides is 1. The Morgan fingerprint density at radius 1 is 0.923 bits per heavy atom. The summed E-state index contributed by atoms with van der Waals surface area (Å²) in [5, 5.41) is 0. The van der Waals surface area contributed by atoms with Gasteiger partial charge in [0.1, 0.15) is 19.0 Å². The fraction of sp³-hybridized carbons (Fsp3) is 0.478. The highest BCUT2D eigenvalue weighted by Gasteiger charge is 2.19. The molecule has 1 fully saturated rings. The number of halogens is 1. The average molecular weight is 355 g/mol. The lowest BCUT2D eigenvalue weighted by Gasteiger charge is -2.32. The molecule has 2 aromatic rings. The van der Waals surface area contributed by atoms with E-state index in [-0.39, 0.29) is 6.61 Å². The Morgan fingerprint density at radius 3 is 2.42 bits per heavy atom. The summed E-state index contributed by atoms with van der Waals surface area (Å²) < 4.78 is 17.9. The summed E-state index contributed by atoms with van der Waals surface area (Å²) in [5.74, 6) is 1.64. The second-order valence-electron chi connectivity index (χ2n) is 7.20. The van der Waals surface area contributed by atoms with E-state index in [1.165, 1.54) is 43.5 Å². The molecule has 0 aliphatic carbocycles. The smallest absolute Gasteiger partial charge is 0.123 e. The molecule has 0 radical (unpaired) electrons. The first-order valence-electron chi connectivity index (χ1n) is 9.88. The normalized spacial score (nSPS) is 15.9. The molecule has 1 heterocycles. The van der Waals surface area contributed by atoms with Crippen LogP contribution in [0.3, 0.4) is 0 Å². The van der Waals surface area contributed by atoms with Crippen LogP contribution in [0.25, 0.3) is 0 Å². The standard InChI is InChI=1S/C23H30FNO/c24-15-19-26-23-9-5-4-8-22(23)11-10-21-13-17-25(18-14-21)16-12-20-6-2-1-3-7-20/h1-9,21H,10-19H2. The maximum absolute atomic E-state index is 12.4. The molecule has 3 heteroatoms. The predicted molar refractivity (Wildman–Crippen MR) is 106 cm³/mol. The summed E-state index contributed by atoms with van der Waals surface area (Å²) in [5.41, 5.74) is 2.65. The number of aryl methyl sites for hydroxylation is 1. The highest BCUT2D eigenvalue weighted by atomic mass is 19.1. The monoisotopic (exact) mass is 355 g/mol. The lowest BCUT2D eigenvalue weighted by atomic mass is 9.90. The van der Waals surface area contributed by atoms with Crippen LogP contribution in [-0.2, 0) is 12.8 Å². The molecule has 3 rings (SSSR count). The van der Waals surface area contributed by atoms with E-state index in [0.717, 1.165) is 31.1 Å². The van der Waals surface area contributed by atoms with Gasteiger partial charge in [-0.2, -0.15) is 0 Å². The number of ether oxygens (including phenoxy) is 1. The maximum Gasteiger partial charge on any atom is 0.123 e. The Balaban J connectivity index is 1.39. The van der Waals surface area contributed by atoms with Crippen LogP contribution in [0.5, 0.6) is 5.75 Å². The lowest BCUT2D eigenvalue weighted by Crippen LogP contribution is -2.35. The van der Waals surface area contributed by atoms with Crippen molar-refractivity contribution in [1.29, 1.82) is 0 Å². The van der Waals surface area contributed by atoms with Gasteiger partial charge in [0.15, 0.2) is 0 Å². The third-order valence-electron chi connectivity index (χ3n) is 5.40. The molecule has 2 aromatic carbocycles. The van der Waals surface area contributed by atoms with Crippen LogP contribution in [-0.4, -0.2) is 37.8 Å². The molecule has 0 saturated carbocycles. The zero-order valence-electron chi connectivity index (χ0n) is 15.6. The summed E-state index contributed by atoms with van der Waals surface area (Å²) in [7, 11) is 0. The van der Waals surface area contributed by atoms with Gasteiger partial charge < -0.3 is 9.64 Å². The molecule has 0 unspecified atom stereocenters. The first-order chi connectivity index (χ1) is 12.8. The molecule has 0 bridgehead atoms. The third kappa shape index (κ3) is 5.84. The van der Waals surface area contributed by atoms with Crippen molar-refractivity contribution in [1.82, 2.24) is 4.90 Å². The first-order valence-corrected chi connectivity index (χ1v) is 9.88. The Morgan fingerprint density at radius 2 is 1.65 bits per heavy atom. The molecule has 1 aliphatic rings. The zero-order chi connectivity index (χ0) is 18.0. The van der Waals surface area contributed by atoms with Crippen molar-refractivity contribution in [3.8, 4) is 5.75 Å². The third-order valence-corrected chi connectivity index (χ3v) is 5.40. The van der Waals surface area contributed by atoms with Gasteiger partial charge in [-0.1, -0.05) is 48.5 Å². The minimum Gasteiger partial charge on any atom is -0.491 e. The lowest BCUT2D eigenvalue weighted by molar-refractivity contribution is 0.180. The van der Waals surface area contributed by atoms with Gasteiger partial charge in [-0.25, -0.2) is 4.39 Å². The quantitative estimate of drug-likeness (QED) is 0.633. The van der Waals surface area contributed by atoms with Crippen LogP contribution in [0, 0.1) is 5.92 Å². The van der Waals surface area contributed by atoms with Gasteiger partial charge in [0, 0.05) is 6.54 Å². The van der Waals surface area contributed by atoms with E-state index in [1.807, 2.05) is 18.2 Å². The Labute approximate surface area is 157 Å². The summed E-state index contributed by atoms with van der Waals surface area (Å²) in [6, 6.07) is 18.8. The van der Waals surface area contributed by atoms with Gasteiger partial charge in [-0.15, -0.1) is 0 Å². The zero-order valence-corrected chi connectivity index (χ0v) is 15.6. The van der Waals surface area contributed by atoms with Crippen LogP contribution in [0.2, 0.25) is 0 Å². The molecule has 1 aliphatic heterocycles. The van der Waals surface area contributed by atoms with Gasteiger partial charge in [-0.3, -0.25) is 0 Å². The Bertz CT molecular complexity index is 638. The largest absolute Gasteiger partial charge is 0.491 e. The van der Waals surface area contributed by atoms with Gasteiger partial charge in [-0.05, 0) is 68.3 Å². The number of nitrogens with zero attached hydrogens (tertiary/aromatic N) is 1. The van der Waals surface area contributed by atoms with E-state index >= 15 is 0 Å². The molecule has 26 heavy (non-hydrogen) atoms. The summed E-state index contributed by atoms with van der Waals surface area (Å²) in [4.78, 5) is 2.60. The molecule has 2 nitrogen and oxygen atoms in total. The molecule has 140 valence electrons. The molecule has 0 N–H and O–H groups in total. The molecular weight excluding hydrogens is 325 g/mol. The first kappa shape index (κ1) is 18.9. The van der Waals surface area contributed by atoms with Crippen molar-refractivity contribution in [3.05, 3.63) is 65.7 Å². The number of rotatable bonds is 9. The summed E-state index contributed by atoms with van der Waals surface area (Å²) in [6.45, 7) is 3.29. The van der Waals surface area contributed by atoms with Crippen LogP contribution >= 0.6 is 0 Å². The molecule has 0 amide bonds. The Kier molecular flexibility index (Phi) is 7.51. The maximum atomic E-state index is 12.4. The van der Waals surface area contributed by atoms with Crippen molar-refractivity contribution in [3.63, 3.8) is 0 Å². The van der Waals surface area contributed by atoms with Crippen molar-refractivity contribution in [2.45, 2.75) is 32.1 Å². The van der Waals surface area contributed by atoms with Gasteiger partial charge >= 0.3 is 0 Å². The second kappa shape index (κ2) is 10.3. The van der Waals surface area contributed by atoms with E-state index in [4.69, 9.17) is 4.74 Å². The predicted octanol–water partition coefficient (Wildman–Crippen LogP) is 4.92.